The lowest BCUT2D eigenvalue weighted by Crippen LogP contribution is -2.26. The summed E-state index contributed by atoms with van der Waals surface area (Å²) in [5, 5.41) is 8.86. The summed E-state index contributed by atoms with van der Waals surface area (Å²) in [6.45, 7) is 3.63. The predicted octanol–water partition coefficient (Wildman–Crippen LogP) is 0.186. The minimum Gasteiger partial charge on any atom is -0.395 e. The lowest BCUT2D eigenvalue weighted by atomic mass is 10.3. The molecule has 0 spiro atoms. The Labute approximate surface area is 83.5 Å². The largest absolute Gasteiger partial charge is 0.395 e. The molecule has 78 valence electrons. The quantitative estimate of drug-likeness (QED) is 0.463. The fourth-order valence-electron chi connectivity index (χ4n) is 1.29. The summed E-state index contributed by atoms with van der Waals surface area (Å²) >= 11 is 0. The van der Waals surface area contributed by atoms with Gasteiger partial charge in [-0.1, -0.05) is 0 Å². The van der Waals surface area contributed by atoms with Crippen molar-refractivity contribution in [2.75, 3.05) is 30.0 Å². The molecule has 5 nitrogen and oxygen atoms in total. The van der Waals surface area contributed by atoms with Crippen molar-refractivity contribution in [3.8, 4) is 0 Å². The molecule has 0 saturated heterocycles. The van der Waals surface area contributed by atoms with E-state index in [4.69, 9.17) is 10.9 Å². The number of nitrogens with zero attached hydrogens (tertiary/aromatic N) is 2. The number of nitrogen functional groups attached to an aromatic ring is 1. The lowest BCUT2D eigenvalue weighted by molar-refractivity contribution is 0.302. The smallest absolute Gasteiger partial charge is 0.141 e. The second-order valence-corrected chi connectivity index (χ2v) is 2.85. The number of hydrazine groups is 1. The van der Waals surface area contributed by atoms with E-state index >= 15 is 0 Å². The van der Waals surface area contributed by atoms with Crippen LogP contribution in [0, 0.1) is 0 Å². The Morgan fingerprint density at radius 1 is 1.64 bits per heavy atom. The third kappa shape index (κ3) is 2.58. The van der Waals surface area contributed by atoms with E-state index in [2.05, 4.69) is 10.4 Å². The van der Waals surface area contributed by atoms with Gasteiger partial charge in [-0.05, 0) is 13.0 Å². The van der Waals surface area contributed by atoms with Gasteiger partial charge >= 0.3 is 0 Å². The van der Waals surface area contributed by atoms with Crippen molar-refractivity contribution in [3.63, 3.8) is 0 Å². The summed E-state index contributed by atoms with van der Waals surface area (Å²) in [6, 6.07) is 3.74. The molecule has 0 aliphatic rings. The maximum atomic E-state index is 8.86. The molecule has 5 heteroatoms. The van der Waals surface area contributed by atoms with E-state index in [1.807, 2.05) is 24.0 Å². The fraction of sp³-hybridized carbons (Fsp3) is 0.444. The molecule has 1 heterocycles. The molecule has 1 rings (SSSR count). The van der Waals surface area contributed by atoms with Gasteiger partial charge in [0.2, 0.25) is 0 Å². The Kier molecular flexibility index (Phi) is 4.15. The van der Waals surface area contributed by atoms with E-state index in [0.29, 0.717) is 12.4 Å². The number of anilines is 2. The van der Waals surface area contributed by atoms with Crippen LogP contribution in [0.3, 0.4) is 0 Å². The molecule has 0 amide bonds. The summed E-state index contributed by atoms with van der Waals surface area (Å²) < 4.78 is 0. The van der Waals surface area contributed by atoms with Crippen LogP contribution in [0.1, 0.15) is 6.92 Å². The zero-order valence-electron chi connectivity index (χ0n) is 8.27. The molecular weight excluding hydrogens is 180 g/mol. The first-order valence-corrected chi connectivity index (χ1v) is 4.60. The number of likely N-dealkylation sites (N-methyl/N-ethyl adjacent to an activating group) is 1. The highest BCUT2D eigenvalue weighted by atomic mass is 16.3. The Hall–Kier alpha value is -1.33. The van der Waals surface area contributed by atoms with Crippen molar-refractivity contribution in [2.45, 2.75) is 6.92 Å². The van der Waals surface area contributed by atoms with Crippen LogP contribution in [-0.2, 0) is 0 Å². The first-order valence-electron chi connectivity index (χ1n) is 4.60. The summed E-state index contributed by atoms with van der Waals surface area (Å²) in [4.78, 5) is 6.05. The minimum atomic E-state index is 0.140. The zero-order valence-corrected chi connectivity index (χ0v) is 8.27. The van der Waals surface area contributed by atoms with Gasteiger partial charge in [0.15, 0.2) is 0 Å². The summed E-state index contributed by atoms with van der Waals surface area (Å²) in [6.07, 6.45) is 1.69. The number of nitrogens with one attached hydrogen (secondary N) is 1. The standard InChI is InChI=1S/C9H16N4O/c1-2-13(5-6-14)8-3-4-11-9(7-8)12-10/h3-4,7,14H,2,5-6,10H2,1H3,(H,11,12). The third-order valence-corrected chi connectivity index (χ3v) is 2.01. The second kappa shape index (κ2) is 5.41. The molecule has 0 atom stereocenters. The predicted molar refractivity (Wildman–Crippen MR) is 57.0 cm³/mol. The number of nitrogens with two attached hydrogens (primary N) is 1. The van der Waals surface area contributed by atoms with E-state index in [9.17, 15) is 0 Å². The highest BCUT2D eigenvalue weighted by molar-refractivity contribution is 5.53. The Bertz CT molecular complexity index is 279. The molecule has 1 aromatic heterocycles. The molecule has 0 fully saturated rings. The minimum absolute atomic E-state index is 0.140. The maximum Gasteiger partial charge on any atom is 0.141 e. The number of aromatic nitrogens is 1. The van der Waals surface area contributed by atoms with Crippen LogP contribution in [0.25, 0.3) is 0 Å². The molecule has 0 unspecified atom stereocenters. The molecule has 0 aromatic carbocycles. The van der Waals surface area contributed by atoms with Crippen LogP contribution in [0.15, 0.2) is 18.3 Å². The summed E-state index contributed by atoms with van der Waals surface area (Å²) in [7, 11) is 0. The van der Waals surface area contributed by atoms with Gasteiger partial charge in [-0.15, -0.1) is 0 Å². The van der Waals surface area contributed by atoms with E-state index in [1.165, 1.54) is 0 Å². The number of pyridine rings is 1. The van der Waals surface area contributed by atoms with Crippen molar-refractivity contribution >= 4 is 11.5 Å². The van der Waals surface area contributed by atoms with Gasteiger partial charge in [0.25, 0.3) is 0 Å². The van der Waals surface area contributed by atoms with Gasteiger partial charge < -0.3 is 15.4 Å². The van der Waals surface area contributed by atoms with Crippen molar-refractivity contribution in [3.05, 3.63) is 18.3 Å². The van der Waals surface area contributed by atoms with E-state index in [1.54, 1.807) is 6.20 Å². The molecule has 14 heavy (non-hydrogen) atoms. The van der Waals surface area contributed by atoms with E-state index in [-0.39, 0.29) is 6.61 Å². The Balaban J connectivity index is 2.80. The molecule has 0 saturated carbocycles. The fourth-order valence-corrected chi connectivity index (χ4v) is 1.29. The van der Waals surface area contributed by atoms with Crippen molar-refractivity contribution in [2.24, 2.45) is 5.84 Å². The van der Waals surface area contributed by atoms with Gasteiger partial charge in [0, 0.05) is 31.0 Å². The number of aliphatic hydroxyl groups excluding tert-OH is 1. The van der Waals surface area contributed by atoms with Crippen molar-refractivity contribution in [1.29, 1.82) is 0 Å². The van der Waals surface area contributed by atoms with Crippen molar-refractivity contribution in [1.82, 2.24) is 4.98 Å². The first kappa shape index (κ1) is 10.7. The number of rotatable bonds is 5. The summed E-state index contributed by atoms with van der Waals surface area (Å²) in [5.41, 5.74) is 3.49. The first-order chi connectivity index (χ1) is 6.81. The van der Waals surface area contributed by atoms with Crippen LogP contribution in [0.2, 0.25) is 0 Å². The lowest BCUT2D eigenvalue weighted by Gasteiger charge is -2.22. The van der Waals surface area contributed by atoms with Gasteiger partial charge in [-0.3, -0.25) is 0 Å². The van der Waals surface area contributed by atoms with Crippen LogP contribution in [-0.4, -0.2) is 29.8 Å². The van der Waals surface area contributed by atoms with Gasteiger partial charge in [0.1, 0.15) is 5.82 Å². The average molecular weight is 196 g/mol. The molecule has 0 aliphatic heterocycles. The third-order valence-electron chi connectivity index (χ3n) is 2.01. The topological polar surface area (TPSA) is 74.4 Å². The van der Waals surface area contributed by atoms with Crippen LogP contribution in [0.4, 0.5) is 11.5 Å². The maximum absolute atomic E-state index is 8.86. The molecule has 0 radical (unpaired) electrons. The monoisotopic (exact) mass is 196 g/mol. The second-order valence-electron chi connectivity index (χ2n) is 2.85. The van der Waals surface area contributed by atoms with Crippen molar-refractivity contribution < 1.29 is 5.11 Å². The molecule has 0 bridgehead atoms. The van der Waals surface area contributed by atoms with Gasteiger partial charge in [0.05, 0.1) is 6.61 Å². The molecule has 0 aliphatic carbocycles. The van der Waals surface area contributed by atoms with E-state index < -0.39 is 0 Å². The normalized spacial score (nSPS) is 9.93. The highest BCUT2D eigenvalue weighted by Gasteiger charge is 2.03. The number of hydrogen-bond acceptors (Lipinski definition) is 5. The summed E-state index contributed by atoms with van der Waals surface area (Å²) in [5.74, 6) is 5.88. The number of hydrogen-bond donors (Lipinski definition) is 3. The molecular formula is C9H16N4O. The van der Waals surface area contributed by atoms with Crippen LogP contribution < -0.4 is 16.2 Å². The van der Waals surface area contributed by atoms with Crippen LogP contribution in [0.5, 0.6) is 0 Å². The molecule has 1 aromatic rings. The van der Waals surface area contributed by atoms with E-state index in [0.717, 1.165) is 12.2 Å². The Morgan fingerprint density at radius 2 is 2.43 bits per heavy atom. The number of aliphatic hydroxyl groups is 1. The zero-order chi connectivity index (χ0) is 10.4. The van der Waals surface area contributed by atoms with Gasteiger partial charge in [-0.25, -0.2) is 10.8 Å². The molecule has 4 N–H and O–H groups in total. The average Bonchev–Trinajstić information content (AvgIpc) is 2.26. The SMILES string of the molecule is CCN(CCO)c1ccnc(NN)c1. The van der Waals surface area contributed by atoms with Gasteiger partial charge in [-0.2, -0.15) is 0 Å². The Morgan fingerprint density at radius 3 is 3.00 bits per heavy atom. The van der Waals surface area contributed by atoms with Crippen LogP contribution >= 0.6 is 0 Å². The highest BCUT2D eigenvalue weighted by Crippen LogP contribution is 2.15.